The minimum Gasteiger partial charge on any atom is -0.351 e. The molecule has 1 rings (SSSR count). The van der Waals surface area contributed by atoms with Crippen LogP contribution in [0.2, 0.25) is 0 Å². The summed E-state index contributed by atoms with van der Waals surface area (Å²) in [5, 5.41) is 3.71. The van der Waals surface area contributed by atoms with Gasteiger partial charge in [-0.05, 0) is 32.6 Å². The predicted octanol–water partition coefficient (Wildman–Crippen LogP) is 1.70. The first kappa shape index (κ1) is 13.3. The number of hydrogen-bond acceptors (Lipinski definition) is 2. The molecule has 4 heteroatoms. The number of likely N-dealkylation sites (tertiary alicyclic amines) is 1. The molecule has 94 valence electrons. The molecule has 1 fully saturated rings. The maximum Gasteiger partial charge on any atom is 0.314 e. The van der Waals surface area contributed by atoms with E-state index in [1.807, 2.05) is 0 Å². The minimum absolute atomic E-state index is 0.236. The summed E-state index contributed by atoms with van der Waals surface area (Å²) < 4.78 is 0. The second-order valence-electron chi connectivity index (χ2n) is 5.01. The molecule has 0 aromatic heterocycles. The summed E-state index contributed by atoms with van der Waals surface area (Å²) in [7, 11) is 0. The van der Waals surface area contributed by atoms with Crippen LogP contribution in [0.25, 0.3) is 0 Å². The van der Waals surface area contributed by atoms with Gasteiger partial charge in [0.25, 0.3) is 0 Å². The molecule has 1 aliphatic heterocycles. The van der Waals surface area contributed by atoms with E-state index in [0.717, 1.165) is 38.8 Å². The quantitative estimate of drug-likeness (QED) is 0.768. The molecule has 0 bridgehead atoms. The zero-order chi connectivity index (χ0) is 12.2. The molecule has 0 aromatic carbocycles. The van der Waals surface area contributed by atoms with Crippen LogP contribution in [-0.2, 0) is 0 Å². The summed E-state index contributed by atoms with van der Waals surface area (Å²) >= 11 is 0. The summed E-state index contributed by atoms with van der Waals surface area (Å²) in [6, 6.07) is 0.243. The van der Waals surface area contributed by atoms with Crippen molar-refractivity contribution in [1.29, 1.82) is 0 Å². The normalized spacial score (nSPS) is 18.8. The van der Waals surface area contributed by atoms with Gasteiger partial charge in [0.1, 0.15) is 0 Å². The standard InChI is InChI=1S/C12H25N3O/c1-4-12(3,5-2)14-10-6-8-15(9-7-10)11(13)16/h10,14H,4-9H2,1-3H3,(H2,13,16). The molecule has 16 heavy (non-hydrogen) atoms. The number of carbonyl (C=O) groups excluding carboxylic acids is 1. The monoisotopic (exact) mass is 227 g/mol. The van der Waals surface area contributed by atoms with Crippen molar-refractivity contribution >= 4 is 6.03 Å². The Balaban J connectivity index is 2.40. The van der Waals surface area contributed by atoms with Crippen LogP contribution < -0.4 is 11.1 Å². The Morgan fingerprint density at radius 1 is 1.38 bits per heavy atom. The van der Waals surface area contributed by atoms with Crippen LogP contribution in [-0.4, -0.2) is 35.6 Å². The second-order valence-corrected chi connectivity index (χ2v) is 5.01. The number of primary amides is 1. The smallest absolute Gasteiger partial charge is 0.314 e. The Bertz CT molecular complexity index is 230. The number of piperidine rings is 1. The lowest BCUT2D eigenvalue weighted by Gasteiger charge is -2.38. The van der Waals surface area contributed by atoms with Gasteiger partial charge in [-0.25, -0.2) is 4.79 Å². The zero-order valence-electron chi connectivity index (χ0n) is 10.8. The van der Waals surface area contributed by atoms with E-state index in [4.69, 9.17) is 5.73 Å². The van der Waals surface area contributed by atoms with E-state index < -0.39 is 0 Å². The third kappa shape index (κ3) is 3.37. The van der Waals surface area contributed by atoms with Gasteiger partial charge in [0.2, 0.25) is 0 Å². The summed E-state index contributed by atoms with van der Waals surface area (Å²) in [5.74, 6) is 0. The van der Waals surface area contributed by atoms with E-state index in [9.17, 15) is 4.79 Å². The first-order chi connectivity index (χ1) is 7.50. The van der Waals surface area contributed by atoms with Crippen molar-refractivity contribution in [2.24, 2.45) is 5.73 Å². The highest BCUT2D eigenvalue weighted by atomic mass is 16.2. The van der Waals surface area contributed by atoms with Gasteiger partial charge in [0.05, 0.1) is 0 Å². The largest absolute Gasteiger partial charge is 0.351 e. The highest BCUT2D eigenvalue weighted by Gasteiger charge is 2.27. The Kier molecular flexibility index (Phi) is 4.59. The zero-order valence-corrected chi connectivity index (χ0v) is 10.8. The Hall–Kier alpha value is -0.770. The molecule has 0 spiro atoms. The van der Waals surface area contributed by atoms with Crippen molar-refractivity contribution in [1.82, 2.24) is 10.2 Å². The van der Waals surface area contributed by atoms with Crippen LogP contribution in [0.1, 0.15) is 46.5 Å². The Morgan fingerprint density at radius 3 is 2.25 bits per heavy atom. The van der Waals surface area contributed by atoms with Crippen molar-refractivity contribution in [2.75, 3.05) is 13.1 Å². The molecule has 1 aliphatic rings. The van der Waals surface area contributed by atoms with Crippen molar-refractivity contribution in [3.8, 4) is 0 Å². The SMILES string of the molecule is CCC(C)(CC)NC1CCN(C(N)=O)CC1. The molecule has 0 radical (unpaired) electrons. The van der Waals surface area contributed by atoms with Gasteiger partial charge in [0, 0.05) is 24.7 Å². The lowest BCUT2D eigenvalue weighted by Crippen LogP contribution is -2.53. The average molecular weight is 227 g/mol. The van der Waals surface area contributed by atoms with Gasteiger partial charge in [-0.3, -0.25) is 0 Å². The highest BCUT2D eigenvalue weighted by Crippen LogP contribution is 2.19. The van der Waals surface area contributed by atoms with Crippen LogP contribution >= 0.6 is 0 Å². The third-order valence-corrected chi connectivity index (χ3v) is 3.92. The highest BCUT2D eigenvalue weighted by molar-refractivity contribution is 5.72. The molecule has 1 heterocycles. The number of nitrogens with zero attached hydrogens (tertiary/aromatic N) is 1. The average Bonchev–Trinajstić information content (AvgIpc) is 2.29. The summed E-state index contributed by atoms with van der Waals surface area (Å²) in [6.45, 7) is 8.28. The summed E-state index contributed by atoms with van der Waals surface area (Å²) in [5.41, 5.74) is 5.49. The maximum absolute atomic E-state index is 11.0. The van der Waals surface area contributed by atoms with E-state index in [1.165, 1.54) is 0 Å². The van der Waals surface area contributed by atoms with Gasteiger partial charge in [-0.1, -0.05) is 13.8 Å². The molecule has 2 amide bonds. The first-order valence-corrected chi connectivity index (χ1v) is 6.33. The number of carbonyl (C=O) groups is 1. The minimum atomic E-state index is -0.285. The molecule has 0 aliphatic carbocycles. The molecular formula is C12H25N3O. The van der Waals surface area contributed by atoms with Crippen LogP contribution in [0, 0.1) is 0 Å². The van der Waals surface area contributed by atoms with Crippen LogP contribution in [0.3, 0.4) is 0 Å². The van der Waals surface area contributed by atoms with Crippen molar-refractivity contribution < 1.29 is 4.79 Å². The van der Waals surface area contributed by atoms with E-state index in [1.54, 1.807) is 4.90 Å². The van der Waals surface area contributed by atoms with E-state index in [0.29, 0.717) is 6.04 Å². The molecule has 3 N–H and O–H groups in total. The van der Waals surface area contributed by atoms with Gasteiger partial charge < -0.3 is 16.0 Å². The Morgan fingerprint density at radius 2 is 1.88 bits per heavy atom. The van der Waals surface area contributed by atoms with Gasteiger partial charge in [0.15, 0.2) is 0 Å². The summed E-state index contributed by atoms with van der Waals surface area (Å²) in [4.78, 5) is 12.7. The van der Waals surface area contributed by atoms with Crippen molar-refractivity contribution in [3.05, 3.63) is 0 Å². The first-order valence-electron chi connectivity index (χ1n) is 6.33. The van der Waals surface area contributed by atoms with Crippen molar-refractivity contribution in [3.63, 3.8) is 0 Å². The molecular weight excluding hydrogens is 202 g/mol. The fourth-order valence-electron chi connectivity index (χ4n) is 2.19. The van der Waals surface area contributed by atoms with Crippen molar-refractivity contribution in [2.45, 2.75) is 58.0 Å². The number of nitrogens with two attached hydrogens (primary N) is 1. The van der Waals surface area contributed by atoms with Crippen LogP contribution in [0.5, 0.6) is 0 Å². The number of rotatable bonds is 4. The lowest BCUT2D eigenvalue weighted by atomic mass is 9.92. The number of amides is 2. The van der Waals surface area contributed by atoms with E-state index in [-0.39, 0.29) is 11.6 Å². The fraction of sp³-hybridized carbons (Fsp3) is 0.917. The molecule has 0 aromatic rings. The molecule has 0 atom stereocenters. The Labute approximate surface area is 98.6 Å². The maximum atomic E-state index is 11.0. The summed E-state index contributed by atoms with van der Waals surface area (Å²) in [6.07, 6.45) is 4.30. The molecule has 0 unspecified atom stereocenters. The molecule has 1 saturated heterocycles. The third-order valence-electron chi connectivity index (χ3n) is 3.92. The fourth-order valence-corrected chi connectivity index (χ4v) is 2.19. The van der Waals surface area contributed by atoms with E-state index >= 15 is 0 Å². The predicted molar refractivity (Wildman–Crippen MR) is 66.3 cm³/mol. The second kappa shape index (κ2) is 5.53. The number of urea groups is 1. The van der Waals surface area contributed by atoms with E-state index in [2.05, 4.69) is 26.1 Å². The number of nitrogens with one attached hydrogen (secondary N) is 1. The van der Waals surface area contributed by atoms with Gasteiger partial charge in [-0.2, -0.15) is 0 Å². The molecule has 4 nitrogen and oxygen atoms in total. The lowest BCUT2D eigenvalue weighted by molar-refractivity contribution is 0.171. The van der Waals surface area contributed by atoms with Crippen LogP contribution in [0.15, 0.2) is 0 Å². The van der Waals surface area contributed by atoms with Crippen LogP contribution in [0.4, 0.5) is 4.79 Å². The van der Waals surface area contributed by atoms with Gasteiger partial charge in [-0.15, -0.1) is 0 Å². The number of hydrogen-bond donors (Lipinski definition) is 2. The molecule has 0 saturated carbocycles. The van der Waals surface area contributed by atoms with Gasteiger partial charge >= 0.3 is 6.03 Å². The topological polar surface area (TPSA) is 58.4 Å².